The second-order valence-corrected chi connectivity index (χ2v) is 4.62. The first-order valence-corrected chi connectivity index (χ1v) is 6.08. The number of pyridine rings is 1. The van der Waals surface area contributed by atoms with Crippen LogP contribution in [0.3, 0.4) is 0 Å². The van der Waals surface area contributed by atoms with Gasteiger partial charge in [-0.2, -0.15) is 5.26 Å². The lowest BCUT2D eigenvalue weighted by atomic mass is 10.2. The Labute approximate surface area is 111 Å². The summed E-state index contributed by atoms with van der Waals surface area (Å²) in [6.45, 7) is 0. The minimum atomic E-state index is 0.609. The number of imidazole rings is 1. The number of halogens is 1. The van der Waals surface area contributed by atoms with Gasteiger partial charge < -0.3 is 4.98 Å². The Morgan fingerprint density at radius 2 is 2.17 bits per heavy atom. The van der Waals surface area contributed by atoms with E-state index in [0.717, 1.165) is 21.2 Å². The second-order valence-electron chi connectivity index (χ2n) is 3.76. The van der Waals surface area contributed by atoms with Crippen LogP contribution in [0.4, 0.5) is 0 Å². The topological polar surface area (TPSA) is 65.4 Å². The molecule has 0 saturated carbocycles. The van der Waals surface area contributed by atoms with Gasteiger partial charge in [-0.15, -0.1) is 0 Å². The first kappa shape index (κ1) is 10.9. The van der Waals surface area contributed by atoms with Crippen molar-refractivity contribution in [3.05, 3.63) is 46.6 Å². The Morgan fingerprint density at radius 1 is 1.28 bits per heavy atom. The predicted molar refractivity (Wildman–Crippen MR) is 71.7 cm³/mol. The quantitative estimate of drug-likeness (QED) is 0.750. The van der Waals surface area contributed by atoms with E-state index >= 15 is 0 Å². The molecule has 0 fully saturated rings. The Hall–Kier alpha value is -2.19. The third-order valence-electron chi connectivity index (χ3n) is 2.59. The molecule has 0 bridgehead atoms. The van der Waals surface area contributed by atoms with Gasteiger partial charge in [0.25, 0.3) is 0 Å². The van der Waals surface area contributed by atoms with Crippen molar-refractivity contribution in [2.75, 3.05) is 0 Å². The van der Waals surface area contributed by atoms with Gasteiger partial charge in [0.15, 0.2) is 5.82 Å². The Kier molecular flexibility index (Phi) is 2.58. The lowest BCUT2D eigenvalue weighted by molar-refractivity contribution is 1.22. The Balaban J connectivity index is 2.20. The molecule has 4 nitrogen and oxygen atoms in total. The van der Waals surface area contributed by atoms with Crippen LogP contribution < -0.4 is 0 Å². The fourth-order valence-electron chi connectivity index (χ4n) is 1.75. The number of rotatable bonds is 1. The number of nitriles is 1. The van der Waals surface area contributed by atoms with E-state index in [2.05, 4.69) is 37.0 Å². The number of hydrogen-bond acceptors (Lipinski definition) is 3. The maximum absolute atomic E-state index is 8.86. The average molecular weight is 299 g/mol. The highest BCUT2D eigenvalue weighted by atomic mass is 79.9. The molecule has 0 spiro atoms. The van der Waals surface area contributed by atoms with Gasteiger partial charge in [0.05, 0.1) is 22.7 Å². The van der Waals surface area contributed by atoms with Gasteiger partial charge in [0, 0.05) is 10.7 Å². The molecule has 0 unspecified atom stereocenters. The van der Waals surface area contributed by atoms with Crippen molar-refractivity contribution < 1.29 is 0 Å². The van der Waals surface area contributed by atoms with Crippen LogP contribution in [0.1, 0.15) is 5.56 Å². The predicted octanol–water partition coefficient (Wildman–Crippen LogP) is 3.26. The minimum absolute atomic E-state index is 0.609. The molecule has 0 saturated heterocycles. The largest absolute Gasteiger partial charge is 0.337 e. The molecule has 18 heavy (non-hydrogen) atoms. The van der Waals surface area contributed by atoms with Gasteiger partial charge in [-0.25, -0.2) is 4.98 Å². The second kappa shape index (κ2) is 4.24. The molecule has 0 aliphatic rings. The van der Waals surface area contributed by atoms with E-state index < -0.39 is 0 Å². The summed E-state index contributed by atoms with van der Waals surface area (Å²) in [6.07, 6.45) is 1.72. The Morgan fingerprint density at radius 3 is 2.94 bits per heavy atom. The molecule has 3 rings (SSSR count). The van der Waals surface area contributed by atoms with Crippen LogP contribution in [0.15, 0.2) is 41.0 Å². The van der Waals surface area contributed by atoms with Crippen molar-refractivity contribution in [2.24, 2.45) is 0 Å². The molecule has 3 aromatic rings. The molecule has 2 heterocycles. The van der Waals surface area contributed by atoms with Crippen LogP contribution >= 0.6 is 15.9 Å². The monoisotopic (exact) mass is 298 g/mol. The van der Waals surface area contributed by atoms with Crippen molar-refractivity contribution in [3.8, 4) is 17.6 Å². The summed E-state index contributed by atoms with van der Waals surface area (Å²) in [5.74, 6) is 0.688. The molecule has 0 aliphatic carbocycles. The summed E-state index contributed by atoms with van der Waals surface area (Å²) in [4.78, 5) is 11.9. The molecule has 1 N–H and O–H groups in total. The van der Waals surface area contributed by atoms with E-state index in [4.69, 9.17) is 5.26 Å². The summed E-state index contributed by atoms with van der Waals surface area (Å²) in [5.41, 5.74) is 3.02. The number of nitrogens with zero attached hydrogens (tertiary/aromatic N) is 3. The number of hydrogen-bond donors (Lipinski definition) is 1. The van der Waals surface area contributed by atoms with Crippen LogP contribution in [0.5, 0.6) is 0 Å². The summed E-state index contributed by atoms with van der Waals surface area (Å²) in [5, 5.41) is 8.86. The van der Waals surface area contributed by atoms with E-state index in [1.807, 2.05) is 18.2 Å². The number of aromatic nitrogens is 3. The van der Waals surface area contributed by atoms with E-state index in [-0.39, 0.29) is 0 Å². The lowest BCUT2D eigenvalue weighted by Crippen LogP contribution is -1.85. The normalized spacial score (nSPS) is 10.4. The van der Waals surface area contributed by atoms with Gasteiger partial charge in [-0.05, 0) is 46.3 Å². The number of benzene rings is 1. The zero-order valence-electron chi connectivity index (χ0n) is 9.18. The smallest absolute Gasteiger partial charge is 0.158 e. The number of fused-ring (bicyclic) bond motifs is 1. The van der Waals surface area contributed by atoms with Crippen molar-refractivity contribution >= 4 is 27.0 Å². The van der Waals surface area contributed by atoms with Crippen molar-refractivity contribution in [1.29, 1.82) is 5.26 Å². The number of aromatic amines is 1. The molecular formula is C13H7BrN4. The summed E-state index contributed by atoms with van der Waals surface area (Å²) >= 11 is 3.44. The molecule has 0 atom stereocenters. The Bertz CT molecular complexity index is 770. The molecule has 86 valence electrons. The zero-order chi connectivity index (χ0) is 12.5. The lowest BCUT2D eigenvalue weighted by Gasteiger charge is -1.97. The van der Waals surface area contributed by atoms with E-state index in [1.54, 1.807) is 18.3 Å². The molecule has 0 aliphatic heterocycles. The van der Waals surface area contributed by atoms with Gasteiger partial charge in [-0.3, -0.25) is 4.98 Å². The van der Waals surface area contributed by atoms with Gasteiger partial charge >= 0.3 is 0 Å². The van der Waals surface area contributed by atoms with Crippen LogP contribution in [0.2, 0.25) is 0 Å². The number of H-pyrrole nitrogens is 1. The first-order valence-electron chi connectivity index (χ1n) is 5.28. The first-order chi connectivity index (χ1) is 8.78. The molecule has 2 aromatic heterocycles. The molecule has 0 radical (unpaired) electrons. The molecule has 1 aromatic carbocycles. The van der Waals surface area contributed by atoms with Gasteiger partial charge in [0.2, 0.25) is 0 Å². The average Bonchev–Trinajstić information content (AvgIpc) is 2.81. The van der Waals surface area contributed by atoms with Crippen LogP contribution in [0.25, 0.3) is 22.6 Å². The maximum Gasteiger partial charge on any atom is 0.158 e. The SMILES string of the molecule is N#Cc1ccc2nc(-c3ncccc3Br)[nH]c2c1. The van der Waals surface area contributed by atoms with E-state index in [9.17, 15) is 0 Å². The third-order valence-corrected chi connectivity index (χ3v) is 3.23. The fraction of sp³-hybridized carbons (Fsp3) is 0. The number of nitrogens with one attached hydrogen (secondary N) is 1. The highest BCUT2D eigenvalue weighted by Gasteiger charge is 2.09. The summed E-state index contributed by atoms with van der Waals surface area (Å²) < 4.78 is 0.879. The van der Waals surface area contributed by atoms with E-state index in [0.29, 0.717) is 11.4 Å². The minimum Gasteiger partial charge on any atom is -0.337 e. The maximum atomic E-state index is 8.86. The van der Waals surface area contributed by atoms with Crippen LogP contribution in [0, 0.1) is 11.3 Å². The standard InChI is InChI=1S/C13H7BrN4/c14-9-2-1-5-16-12(9)13-17-10-4-3-8(7-15)6-11(10)18-13/h1-6H,(H,17,18). The van der Waals surface area contributed by atoms with Gasteiger partial charge in [0.1, 0.15) is 5.69 Å². The molecule has 5 heteroatoms. The van der Waals surface area contributed by atoms with Crippen molar-refractivity contribution in [2.45, 2.75) is 0 Å². The van der Waals surface area contributed by atoms with Crippen molar-refractivity contribution in [3.63, 3.8) is 0 Å². The van der Waals surface area contributed by atoms with Gasteiger partial charge in [-0.1, -0.05) is 0 Å². The fourth-order valence-corrected chi connectivity index (χ4v) is 2.19. The van der Waals surface area contributed by atoms with Crippen LogP contribution in [-0.4, -0.2) is 15.0 Å². The van der Waals surface area contributed by atoms with Crippen LogP contribution in [-0.2, 0) is 0 Å². The van der Waals surface area contributed by atoms with E-state index in [1.165, 1.54) is 0 Å². The highest BCUT2D eigenvalue weighted by molar-refractivity contribution is 9.10. The highest BCUT2D eigenvalue weighted by Crippen LogP contribution is 2.25. The zero-order valence-corrected chi connectivity index (χ0v) is 10.8. The summed E-state index contributed by atoms with van der Waals surface area (Å²) in [6, 6.07) is 11.2. The molecular weight excluding hydrogens is 292 g/mol. The molecule has 0 amide bonds. The third kappa shape index (κ3) is 1.77. The summed E-state index contributed by atoms with van der Waals surface area (Å²) in [7, 11) is 0. The van der Waals surface area contributed by atoms with Crippen molar-refractivity contribution in [1.82, 2.24) is 15.0 Å².